The zero-order valence-electron chi connectivity index (χ0n) is 12.3. The average molecular weight is 329 g/mol. The van der Waals surface area contributed by atoms with Gasteiger partial charge in [-0.2, -0.15) is 12.6 Å². The Bertz CT molecular complexity index is 742. The number of hydrogen-bond acceptors (Lipinski definition) is 4. The average Bonchev–Trinajstić information content (AvgIpc) is 2.59. The molecule has 1 aliphatic heterocycles. The minimum Gasteiger partial charge on any atom is -0.497 e. The van der Waals surface area contributed by atoms with Gasteiger partial charge in [0.15, 0.2) is 0 Å². The number of thiol groups is 1. The number of hydrogen-bond donors (Lipinski definition) is 2. The smallest absolute Gasteiger partial charge is 0.335 e. The summed E-state index contributed by atoms with van der Waals surface area (Å²) in [6, 6.07) is 13.5. The Kier molecular flexibility index (Phi) is 4.00. The summed E-state index contributed by atoms with van der Waals surface area (Å²) in [6.07, 6.45) is 0. The number of carbonyl (C=O) groups is 2. The standard InChI is InChI=1S/C17H15NO4S/c1-22-13-8-6-12(7-9-13)18-14(15(23)16(18)19)10-2-4-11(5-3-10)17(20)21/h2-9,14-15,23H,1H3,(H,20,21)/t14-,15?/m1/s1. The number of rotatable bonds is 4. The molecule has 23 heavy (non-hydrogen) atoms. The van der Waals surface area contributed by atoms with E-state index in [9.17, 15) is 9.59 Å². The van der Waals surface area contributed by atoms with Gasteiger partial charge in [0.2, 0.25) is 5.91 Å². The number of anilines is 1. The van der Waals surface area contributed by atoms with E-state index in [1.54, 1.807) is 36.3 Å². The SMILES string of the molecule is COc1ccc(N2C(=O)C(S)[C@H]2c2ccc(C(=O)O)cc2)cc1. The Hall–Kier alpha value is -2.47. The van der Waals surface area contributed by atoms with Crippen molar-refractivity contribution in [3.8, 4) is 5.75 Å². The van der Waals surface area contributed by atoms with Crippen molar-refractivity contribution in [1.29, 1.82) is 0 Å². The van der Waals surface area contributed by atoms with Crippen LogP contribution in [0.5, 0.6) is 5.75 Å². The maximum absolute atomic E-state index is 12.2. The molecular weight excluding hydrogens is 314 g/mol. The number of ether oxygens (including phenoxy) is 1. The van der Waals surface area contributed by atoms with E-state index in [1.165, 1.54) is 12.1 Å². The summed E-state index contributed by atoms with van der Waals surface area (Å²) in [5.74, 6) is -0.340. The van der Waals surface area contributed by atoms with E-state index in [0.29, 0.717) is 5.75 Å². The van der Waals surface area contributed by atoms with Crippen LogP contribution in [0.1, 0.15) is 22.0 Å². The molecule has 0 aromatic heterocycles. The molecule has 1 amide bonds. The van der Waals surface area contributed by atoms with Crippen molar-refractivity contribution in [3.05, 3.63) is 59.7 Å². The molecule has 0 saturated carbocycles. The van der Waals surface area contributed by atoms with Gasteiger partial charge in [0.05, 0.1) is 18.7 Å². The van der Waals surface area contributed by atoms with Crippen molar-refractivity contribution in [2.24, 2.45) is 0 Å². The van der Waals surface area contributed by atoms with Gasteiger partial charge in [0, 0.05) is 5.69 Å². The molecule has 2 aromatic carbocycles. The van der Waals surface area contributed by atoms with Gasteiger partial charge in [-0.3, -0.25) is 4.79 Å². The number of aromatic carboxylic acids is 1. The maximum atomic E-state index is 12.2. The molecule has 1 N–H and O–H groups in total. The van der Waals surface area contributed by atoms with E-state index in [2.05, 4.69) is 12.6 Å². The lowest BCUT2D eigenvalue weighted by molar-refractivity contribution is -0.123. The quantitative estimate of drug-likeness (QED) is 0.669. The molecule has 1 heterocycles. The lowest BCUT2D eigenvalue weighted by Crippen LogP contribution is -2.56. The van der Waals surface area contributed by atoms with Crippen molar-refractivity contribution in [2.75, 3.05) is 12.0 Å². The minimum atomic E-state index is -0.976. The summed E-state index contributed by atoms with van der Waals surface area (Å²) in [5.41, 5.74) is 1.82. The summed E-state index contributed by atoms with van der Waals surface area (Å²) < 4.78 is 5.12. The van der Waals surface area contributed by atoms with E-state index in [4.69, 9.17) is 9.84 Å². The summed E-state index contributed by atoms with van der Waals surface area (Å²) in [6.45, 7) is 0. The van der Waals surface area contributed by atoms with Gasteiger partial charge in [-0.05, 0) is 42.0 Å². The van der Waals surface area contributed by atoms with Crippen LogP contribution in [0.2, 0.25) is 0 Å². The van der Waals surface area contributed by atoms with Crippen molar-refractivity contribution in [3.63, 3.8) is 0 Å². The fraction of sp³-hybridized carbons (Fsp3) is 0.176. The second-order valence-electron chi connectivity index (χ2n) is 5.22. The van der Waals surface area contributed by atoms with Gasteiger partial charge >= 0.3 is 5.97 Å². The Morgan fingerprint density at radius 1 is 1.13 bits per heavy atom. The number of carboxylic acids is 1. The van der Waals surface area contributed by atoms with Crippen LogP contribution in [-0.2, 0) is 4.79 Å². The molecule has 0 aliphatic carbocycles. The predicted octanol–water partition coefficient (Wildman–Crippen LogP) is 2.78. The lowest BCUT2D eigenvalue weighted by atomic mass is 9.91. The zero-order chi connectivity index (χ0) is 16.6. The lowest BCUT2D eigenvalue weighted by Gasteiger charge is -2.45. The number of nitrogens with zero attached hydrogens (tertiary/aromatic N) is 1. The van der Waals surface area contributed by atoms with Crippen LogP contribution in [0.4, 0.5) is 5.69 Å². The molecule has 6 heteroatoms. The molecule has 0 bridgehead atoms. The first-order valence-electron chi connectivity index (χ1n) is 7.01. The summed E-state index contributed by atoms with van der Waals surface area (Å²) in [5, 5.41) is 8.53. The fourth-order valence-corrected chi connectivity index (χ4v) is 3.09. The number of carbonyl (C=O) groups excluding carboxylic acids is 1. The molecule has 1 saturated heterocycles. The molecule has 0 radical (unpaired) electrons. The first-order chi connectivity index (χ1) is 11.0. The van der Waals surface area contributed by atoms with Crippen LogP contribution in [-0.4, -0.2) is 29.3 Å². The second-order valence-corrected chi connectivity index (χ2v) is 5.78. The highest BCUT2D eigenvalue weighted by atomic mass is 32.1. The van der Waals surface area contributed by atoms with E-state index in [1.807, 2.05) is 12.1 Å². The van der Waals surface area contributed by atoms with Crippen molar-refractivity contribution >= 4 is 30.2 Å². The first-order valence-corrected chi connectivity index (χ1v) is 7.53. The van der Waals surface area contributed by atoms with Gasteiger partial charge < -0.3 is 14.7 Å². The topological polar surface area (TPSA) is 66.8 Å². The van der Waals surface area contributed by atoms with E-state index < -0.39 is 11.2 Å². The highest BCUT2D eigenvalue weighted by Gasteiger charge is 2.46. The molecule has 3 rings (SSSR count). The van der Waals surface area contributed by atoms with E-state index in [-0.39, 0.29) is 17.5 Å². The first kappa shape index (κ1) is 15.4. The normalized spacial score (nSPS) is 20.1. The Morgan fingerprint density at radius 3 is 2.26 bits per heavy atom. The third-order valence-corrected chi connectivity index (χ3v) is 4.42. The largest absolute Gasteiger partial charge is 0.497 e. The second kappa shape index (κ2) is 5.96. The highest BCUT2D eigenvalue weighted by Crippen LogP contribution is 2.42. The number of methoxy groups -OCH3 is 1. The van der Waals surface area contributed by atoms with Gasteiger partial charge in [-0.15, -0.1) is 0 Å². The van der Waals surface area contributed by atoms with Crippen LogP contribution in [0, 0.1) is 0 Å². The molecule has 2 atom stereocenters. The van der Waals surface area contributed by atoms with Crippen LogP contribution >= 0.6 is 12.6 Å². The van der Waals surface area contributed by atoms with Gasteiger partial charge in [0.1, 0.15) is 11.0 Å². The number of carboxylic acid groups (broad SMARTS) is 1. The Labute approximate surface area is 138 Å². The molecule has 118 valence electrons. The predicted molar refractivity (Wildman–Crippen MR) is 89.4 cm³/mol. The summed E-state index contributed by atoms with van der Waals surface area (Å²) in [4.78, 5) is 24.8. The van der Waals surface area contributed by atoms with Crippen molar-refractivity contribution < 1.29 is 19.4 Å². The van der Waals surface area contributed by atoms with Gasteiger partial charge in [0.25, 0.3) is 0 Å². The molecule has 1 unspecified atom stereocenters. The van der Waals surface area contributed by atoms with Crippen molar-refractivity contribution in [1.82, 2.24) is 0 Å². The van der Waals surface area contributed by atoms with Crippen LogP contribution < -0.4 is 9.64 Å². The fourth-order valence-electron chi connectivity index (χ4n) is 2.66. The van der Waals surface area contributed by atoms with E-state index >= 15 is 0 Å². The highest BCUT2D eigenvalue weighted by molar-refractivity contribution is 7.82. The van der Waals surface area contributed by atoms with E-state index in [0.717, 1.165) is 11.3 Å². The maximum Gasteiger partial charge on any atom is 0.335 e. The summed E-state index contributed by atoms with van der Waals surface area (Å²) in [7, 11) is 1.58. The zero-order valence-corrected chi connectivity index (χ0v) is 13.2. The van der Waals surface area contributed by atoms with Crippen LogP contribution in [0.25, 0.3) is 0 Å². The molecule has 0 spiro atoms. The Morgan fingerprint density at radius 2 is 1.74 bits per heavy atom. The number of β-lactam (4-membered cyclic amide) rings is 1. The number of benzene rings is 2. The monoisotopic (exact) mass is 329 g/mol. The Balaban J connectivity index is 1.90. The number of amides is 1. The molecule has 2 aromatic rings. The molecule has 5 nitrogen and oxygen atoms in total. The molecule has 1 fully saturated rings. The minimum absolute atomic E-state index is 0.0780. The molecular formula is C17H15NO4S. The van der Waals surface area contributed by atoms with Gasteiger partial charge in [-0.1, -0.05) is 12.1 Å². The summed E-state index contributed by atoms with van der Waals surface area (Å²) >= 11 is 4.37. The van der Waals surface area contributed by atoms with Crippen molar-refractivity contribution in [2.45, 2.75) is 11.3 Å². The van der Waals surface area contributed by atoms with Gasteiger partial charge in [-0.25, -0.2) is 4.79 Å². The third kappa shape index (κ3) is 2.66. The van der Waals surface area contributed by atoms with Crippen LogP contribution in [0.3, 0.4) is 0 Å². The third-order valence-electron chi connectivity index (χ3n) is 3.92. The van der Waals surface area contributed by atoms with Crippen LogP contribution in [0.15, 0.2) is 48.5 Å². The molecule has 1 aliphatic rings.